The first-order chi connectivity index (χ1) is 12.2. The van der Waals surface area contributed by atoms with Crippen LogP contribution in [0.2, 0.25) is 0 Å². The fourth-order valence-corrected chi connectivity index (χ4v) is 3.37. The average Bonchev–Trinajstić information content (AvgIpc) is 3.26. The zero-order valence-corrected chi connectivity index (χ0v) is 14.1. The van der Waals surface area contributed by atoms with Gasteiger partial charge in [0.05, 0.1) is 37.6 Å². The SMILES string of the molecule is O=c1c2ccsc2ncn1CC(O)COCc1ccc2c(c1)OCO2. The molecule has 130 valence electrons. The van der Waals surface area contributed by atoms with Crippen LogP contribution in [0.4, 0.5) is 0 Å². The van der Waals surface area contributed by atoms with E-state index >= 15 is 0 Å². The first-order valence-corrected chi connectivity index (χ1v) is 8.65. The summed E-state index contributed by atoms with van der Waals surface area (Å²) in [6.07, 6.45) is 0.659. The molecule has 7 nitrogen and oxygen atoms in total. The van der Waals surface area contributed by atoms with E-state index in [1.165, 1.54) is 22.2 Å². The van der Waals surface area contributed by atoms with Crippen LogP contribution in [0.1, 0.15) is 5.56 Å². The Morgan fingerprint density at radius 1 is 1.32 bits per heavy atom. The van der Waals surface area contributed by atoms with Crippen LogP contribution in [0.25, 0.3) is 10.2 Å². The minimum atomic E-state index is -0.801. The van der Waals surface area contributed by atoms with Gasteiger partial charge in [0.2, 0.25) is 6.79 Å². The maximum Gasteiger partial charge on any atom is 0.262 e. The summed E-state index contributed by atoms with van der Waals surface area (Å²) in [7, 11) is 0. The van der Waals surface area contributed by atoms with Gasteiger partial charge in [-0.15, -0.1) is 11.3 Å². The van der Waals surface area contributed by atoms with E-state index in [1.54, 1.807) is 6.07 Å². The van der Waals surface area contributed by atoms with Gasteiger partial charge in [-0.05, 0) is 29.1 Å². The van der Waals surface area contributed by atoms with E-state index < -0.39 is 6.10 Å². The van der Waals surface area contributed by atoms with Gasteiger partial charge in [0, 0.05) is 0 Å². The predicted octanol–water partition coefficient (Wildman–Crippen LogP) is 1.76. The summed E-state index contributed by atoms with van der Waals surface area (Å²) in [5.41, 5.74) is 0.774. The lowest BCUT2D eigenvalue weighted by Crippen LogP contribution is -2.29. The summed E-state index contributed by atoms with van der Waals surface area (Å²) in [6.45, 7) is 0.821. The van der Waals surface area contributed by atoms with Gasteiger partial charge >= 0.3 is 0 Å². The molecule has 1 aromatic carbocycles. The highest BCUT2D eigenvalue weighted by molar-refractivity contribution is 7.16. The van der Waals surface area contributed by atoms with Gasteiger partial charge in [0.25, 0.3) is 5.56 Å². The molecule has 1 aliphatic rings. The molecule has 0 aliphatic carbocycles. The topological polar surface area (TPSA) is 82.8 Å². The van der Waals surface area contributed by atoms with Crippen LogP contribution in [-0.4, -0.2) is 34.2 Å². The first-order valence-electron chi connectivity index (χ1n) is 7.78. The molecule has 0 saturated heterocycles. The van der Waals surface area contributed by atoms with E-state index in [1.807, 2.05) is 23.6 Å². The number of ether oxygens (including phenoxy) is 3. The lowest BCUT2D eigenvalue weighted by Gasteiger charge is -2.13. The van der Waals surface area contributed by atoms with E-state index in [2.05, 4.69) is 4.98 Å². The Hall–Kier alpha value is -2.42. The summed E-state index contributed by atoms with van der Waals surface area (Å²) < 4.78 is 17.5. The van der Waals surface area contributed by atoms with Gasteiger partial charge in [0.15, 0.2) is 11.5 Å². The van der Waals surface area contributed by atoms with Gasteiger partial charge in [-0.3, -0.25) is 9.36 Å². The van der Waals surface area contributed by atoms with Crippen molar-refractivity contribution in [3.63, 3.8) is 0 Å². The summed E-state index contributed by atoms with van der Waals surface area (Å²) in [5, 5.41) is 12.5. The smallest absolute Gasteiger partial charge is 0.262 e. The highest BCUT2D eigenvalue weighted by Crippen LogP contribution is 2.32. The van der Waals surface area contributed by atoms with E-state index in [0.717, 1.165) is 11.3 Å². The van der Waals surface area contributed by atoms with Crippen molar-refractivity contribution in [3.05, 3.63) is 51.9 Å². The van der Waals surface area contributed by atoms with Crippen LogP contribution in [0.3, 0.4) is 0 Å². The number of hydrogen-bond acceptors (Lipinski definition) is 7. The zero-order chi connectivity index (χ0) is 17.2. The molecule has 3 heterocycles. The molecule has 4 rings (SSSR count). The minimum Gasteiger partial charge on any atom is -0.454 e. The predicted molar refractivity (Wildman–Crippen MR) is 92.1 cm³/mol. The number of hydrogen-bond donors (Lipinski definition) is 1. The quantitative estimate of drug-likeness (QED) is 0.721. The lowest BCUT2D eigenvalue weighted by molar-refractivity contribution is 0.0198. The Morgan fingerprint density at radius 3 is 3.12 bits per heavy atom. The van der Waals surface area contributed by atoms with Crippen molar-refractivity contribution in [3.8, 4) is 11.5 Å². The molecular formula is C17H16N2O5S. The van der Waals surface area contributed by atoms with E-state index in [-0.39, 0.29) is 25.5 Å². The van der Waals surface area contributed by atoms with Crippen molar-refractivity contribution < 1.29 is 19.3 Å². The molecular weight excluding hydrogens is 344 g/mol. The van der Waals surface area contributed by atoms with E-state index in [4.69, 9.17) is 14.2 Å². The van der Waals surface area contributed by atoms with Crippen molar-refractivity contribution in [2.75, 3.05) is 13.4 Å². The van der Waals surface area contributed by atoms with Crippen molar-refractivity contribution in [1.29, 1.82) is 0 Å². The molecule has 2 aromatic heterocycles. The highest BCUT2D eigenvalue weighted by Gasteiger charge is 2.14. The molecule has 0 spiro atoms. The number of benzene rings is 1. The Bertz CT molecular complexity index is 952. The number of thiophene rings is 1. The third kappa shape index (κ3) is 3.37. The Labute approximate surface area is 147 Å². The fourth-order valence-electron chi connectivity index (χ4n) is 2.65. The van der Waals surface area contributed by atoms with Crippen molar-refractivity contribution in [1.82, 2.24) is 9.55 Å². The second-order valence-corrected chi connectivity index (χ2v) is 6.59. The summed E-state index contributed by atoms with van der Waals surface area (Å²) in [6, 6.07) is 7.32. The molecule has 0 fully saturated rings. The Kier molecular flexibility index (Phi) is 4.39. The summed E-state index contributed by atoms with van der Waals surface area (Å²) in [4.78, 5) is 17.2. The molecule has 25 heavy (non-hydrogen) atoms. The molecule has 0 radical (unpaired) electrons. The number of fused-ring (bicyclic) bond motifs is 2. The van der Waals surface area contributed by atoms with Gasteiger partial charge in [-0.2, -0.15) is 0 Å². The molecule has 1 aliphatic heterocycles. The zero-order valence-electron chi connectivity index (χ0n) is 13.3. The van der Waals surface area contributed by atoms with Crippen molar-refractivity contribution >= 4 is 21.6 Å². The molecule has 1 N–H and O–H groups in total. The minimum absolute atomic E-state index is 0.114. The van der Waals surface area contributed by atoms with Gasteiger partial charge in [-0.1, -0.05) is 6.07 Å². The monoisotopic (exact) mass is 360 g/mol. The lowest BCUT2D eigenvalue weighted by atomic mass is 10.2. The molecule has 0 amide bonds. The largest absolute Gasteiger partial charge is 0.454 e. The van der Waals surface area contributed by atoms with Crippen LogP contribution < -0.4 is 15.0 Å². The van der Waals surface area contributed by atoms with Gasteiger partial charge in [0.1, 0.15) is 4.83 Å². The Balaban J connectivity index is 1.33. The third-order valence-corrected chi connectivity index (χ3v) is 4.69. The van der Waals surface area contributed by atoms with E-state index in [0.29, 0.717) is 22.6 Å². The molecule has 0 bridgehead atoms. The number of nitrogens with zero attached hydrogens (tertiary/aromatic N) is 2. The Morgan fingerprint density at radius 2 is 2.20 bits per heavy atom. The van der Waals surface area contributed by atoms with Crippen LogP contribution >= 0.6 is 11.3 Å². The van der Waals surface area contributed by atoms with Crippen molar-refractivity contribution in [2.24, 2.45) is 0 Å². The van der Waals surface area contributed by atoms with Gasteiger partial charge in [-0.25, -0.2) is 4.98 Å². The molecule has 1 atom stereocenters. The summed E-state index contributed by atoms with van der Waals surface area (Å²) >= 11 is 1.42. The van der Waals surface area contributed by atoms with E-state index in [9.17, 15) is 9.90 Å². The number of aromatic nitrogens is 2. The highest BCUT2D eigenvalue weighted by atomic mass is 32.1. The van der Waals surface area contributed by atoms with Crippen LogP contribution in [0.5, 0.6) is 11.5 Å². The normalized spacial score (nSPS) is 14.1. The molecule has 1 unspecified atom stereocenters. The maximum absolute atomic E-state index is 12.3. The molecule has 0 saturated carbocycles. The fraction of sp³-hybridized carbons (Fsp3) is 0.294. The van der Waals surface area contributed by atoms with Gasteiger partial charge < -0.3 is 19.3 Å². The second kappa shape index (κ2) is 6.83. The third-order valence-electron chi connectivity index (χ3n) is 3.87. The maximum atomic E-state index is 12.3. The van der Waals surface area contributed by atoms with Crippen molar-refractivity contribution in [2.45, 2.75) is 19.3 Å². The average molecular weight is 360 g/mol. The van der Waals surface area contributed by atoms with Crippen LogP contribution in [0.15, 0.2) is 40.8 Å². The number of aliphatic hydroxyl groups excluding tert-OH is 1. The number of aliphatic hydroxyl groups is 1. The summed E-state index contributed by atoms with van der Waals surface area (Å²) in [5.74, 6) is 1.42. The molecule has 3 aromatic rings. The second-order valence-electron chi connectivity index (χ2n) is 5.70. The first kappa shape index (κ1) is 16.1. The van der Waals surface area contributed by atoms with Crippen LogP contribution in [0, 0.1) is 0 Å². The van der Waals surface area contributed by atoms with Crippen LogP contribution in [-0.2, 0) is 17.9 Å². The standard InChI is InChI=1S/C17H16N2O5S/c20-12(6-19-9-18-16-13(17(19)21)3-4-25-16)8-22-7-11-1-2-14-15(5-11)24-10-23-14/h1-5,9,12,20H,6-8,10H2. The molecule has 8 heteroatoms. The number of rotatable bonds is 6.